The minimum absolute atomic E-state index is 0.0494. The quantitative estimate of drug-likeness (QED) is 0.719. The van der Waals surface area contributed by atoms with Crippen molar-refractivity contribution in [2.24, 2.45) is 4.99 Å². The van der Waals surface area contributed by atoms with Crippen molar-refractivity contribution in [3.8, 4) is 0 Å². The van der Waals surface area contributed by atoms with Crippen molar-refractivity contribution in [3.63, 3.8) is 0 Å². The van der Waals surface area contributed by atoms with Crippen molar-refractivity contribution in [2.45, 2.75) is 19.0 Å². The number of rotatable bonds is 6. The fourth-order valence-electron chi connectivity index (χ4n) is 3.36. The van der Waals surface area contributed by atoms with E-state index < -0.39 is 17.7 Å². The Labute approximate surface area is 167 Å². The van der Waals surface area contributed by atoms with Gasteiger partial charge in [-0.05, 0) is 42.3 Å². The van der Waals surface area contributed by atoms with E-state index in [0.717, 1.165) is 17.2 Å². The largest absolute Gasteiger partial charge is 0.418 e. The molecule has 0 aliphatic carbocycles. The number of amides is 1. The Balaban J connectivity index is 1.92. The van der Waals surface area contributed by atoms with Gasteiger partial charge in [-0.15, -0.1) is 0 Å². The summed E-state index contributed by atoms with van der Waals surface area (Å²) < 4.78 is 45.7. The molecule has 5 nitrogen and oxygen atoms in total. The van der Waals surface area contributed by atoms with Gasteiger partial charge >= 0.3 is 6.18 Å². The number of halogens is 3. The van der Waals surface area contributed by atoms with E-state index in [0.29, 0.717) is 18.8 Å². The van der Waals surface area contributed by atoms with E-state index in [2.05, 4.69) is 10.3 Å². The molecule has 1 aliphatic rings. The summed E-state index contributed by atoms with van der Waals surface area (Å²) in [7, 11) is 3.07. The summed E-state index contributed by atoms with van der Waals surface area (Å²) in [4.78, 5) is 18.0. The summed E-state index contributed by atoms with van der Waals surface area (Å²) in [6.45, 7) is 2.51. The maximum absolute atomic E-state index is 13.6. The number of nitrogens with zero attached hydrogens (tertiary/aromatic N) is 2. The van der Waals surface area contributed by atoms with Crippen LogP contribution >= 0.6 is 0 Å². The number of carbonyl (C=O) groups excluding carboxylic acids is 1. The average molecular weight is 405 g/mol. The standard InChI is InChI=1S/C21H22F3N3O2/c1-13-5-4-6-17-19(13)15(20(28)26-17)12-25-14-7-8-18(27(2)9-10-29-3)16(11-14)21(22,23)24/h4-8,11-12,15H,9-10H2,1-3H3,(H,26,28). The third-order valence-electron chi connectivity index (χ3n) is 4.88. The number of likely N-dealkylation sites (N-methyl/N-ethyl adjacent to an activating group) is 1. The highest BCUT2D eigenvalue weighted by Crippen LogP contribution is 2.39. The topological polar surface area (TPSA) is 53.9 Å². The van der Waals surface area contributed by atoms with Gasteiger partial charge in [0.05, 0.1) is 17.9 Å². The number of alkyl halides is 3. The number of fused-ring (bicyclic) bond motifs is 1. The summed E-state index contributed by atoms with van der Waals surface area (Å²) in [5, 5.41) is 2.78. The van der Waals surface area contributed by atoms with Crippen LogP contribution in [0.5, 0.6) is 0 Å². The Morgan fingerprint density at radius 1 is 1.28 bits per heavy atom. The molecule has 1 unspecified atom stereocenters. The van der Waals surface area contributed by atoms with Gasteiger partial charge in [-0.1, -0.05) is 12.1 Å². The van der Waals surface area contributed by atoms with Crippen LogP contribution in [0.4, 0.5) is 30.2 Å². The van der Waals surface area contributed by atoms with E-state index in [1.807, 2.05) is 19.1 Å². The summed E-state index contributed by atoms with van der Waals surface area (Å²) >= 11 is 0. The molecule has 0 fully saturated rings. The van der Waals surface area contributed by atoms with E-state index in [1.54, 1.807) is 13.1 Å². The number of nitrogens with one attached hydrogen (secondary N) is 1. The number of anilines is 2. The lowest BCUT2D eigenvalue weighted by atomic mass is 9.97. The first kappa shape index (κ1) is 20.9. The zero-order chi connectivity index (χ0) is 21.2. The van der Waals surface area contributed by atoms with Gasteiger partial charge in [-0.2, -0.15) is 13.2 Å². The number of hydrogen-bond donors (Lipinski definition) is 1. The minimum atomic E-state index is -4.53. The smallest absolute Gasteiger partial charge is 0.383 e. The molecule has 3 rings (SSSR count). The third kappa shape index (κ3) is 4.42. The van der Waals surface area contributed by atoms with Crippen LogP contribution in [0.2, 0.25) is 0 Å². The Morgan fingerprint density at radius 2 is 2.03 bits per heavy atom. The van der Waals surface area contributed by atoms with E-state index in [1.165, 1.54) is 30.4 Å². The van der Waals surface area contributed by atoms with Crippen molar-refractivity contribution >= 4 is 29.2 Å². The summed E-state index contributed by atoms with van der Waals surface area (Å²) in [5.74, 6) is -0.880. The van der Waals surface area contributed by atoms with Crippen LogP contribution in [-0.4, -0.2) is 39.4 Å². The van der Waals surface area contributed by atoms with E-state index in [4.69, 9.17) is 4.74 Å². The first-order chi connectivity index (χ1) is 13.7. The second kappa shape index (κ2) is 8.24. The highest BCUT2D eigenvalue weighted by atomic mass is 19.4. The van der Waals surface area contributed by atoms with Crippen LogP contribution in [0, 0.1) is 6.92 Å². The van der Waals surface area contributed by atoms with Crippen molar-refractivity contribution < 1.29 is 22.7 Å². The molecule has 0 saturated carbocycles. The Kier molecular flexibility index (Phi) is 5.93. The van der Waals surface area contributed by atoms with Crippen molar-refractivity contribution in [3.05, 3.63) is 53.1 Å². The molecule has 1 amide bonds. The monoisotopic (exact) mass is 405 g/mol. The van der Waals surface area contributed by atoms with Gasteiger partial charge in [0.2, 0.25) is 5.91 Å². The molecule has 0 saturated heterocycles. The molecule has 1 atom stereocenters. The number of aliphatic imine (C=N–C) groups is 1. The molecular formula is C21H22F3N3O2. The number of benzene rings is 2. The molecular weight excluding hydrogens is 383 g/mol. The first-order valence-corrected chi connectivity index (χ1v) is 9.08. The molecule has 0 bridgehead atoms. The molecule has 8 heteroatoms. The predicted octanol–water partition coefficient (Wildman–Crippen LogP) is 4.53. The lowest BCUT2D eigenvalue weighted by Gasteiger charge is -2.23. The molecule has 0 spiro atoms. The molecule has 2 aromatic carbocycles. The Bertz CT molecular complexity index is 941. The Hall–Kier alpha value is -2.87. The molecule has 0 aromatic heterocycles. The summed E-state index contributed by atoms with van der Waals surface area (Å²) in [6, 6.07) is 9.41. The zero-order valence-corrected chi connectivity index (χ0v) is 16.4. The van der Waals surface area contributed by atoms with Gasteiger partial charge in [0.15, 0.2) is 0 Å². The van der Waals surface area contributed by atoms with Gasteiger partial charge in [0.1, 0.15) is 5.92 Å². The predicted molar refractivity (Wildman–Crippen MR) is 107 cm³/mol. The van der Waals surface area contributed by atoms with Crippen LogP contribution in [0.3, 0.4) is 0 Å². The van der Waals surface area contributed by atoms with E-state index in [9.17, 15) is 18.0 Å². The number of carbonyl (C=O) groups is 1. The zero-order valence-electron chi connectivity index (χ0n) is 16.4. The molecule has 29 heavy (non-hydrogen) atoms. The second-order valence-electron chi connectivity index (χ2n) is 6.89. The fraction of sp³-hybridized carbons (Fsp3) is 0.333. The molecule has 1 aliphatic heterocycles. The second-order valence-corrected chi connectivity index (χ2v) is 6.89. The van der Waals surface area contributed by atoms with Gasteiger partial charge < -0.3 is 15.0 Å². The molecule has 2 aromatic rings. The Morgan fingerprint density at radius 3 is 2.72 bits per heavy atom. The molecule has 1 heterocycles. The fourth-order valence-corrected chi connectivity index (χ4v) is 3.36. The SMILES string of the molecule is COCCN(C)c1ccc(N=CC2C(=O)Nc3cccc(C)c32)cc1C(F)(F)F. The van der Waals surface area contributed by atoms with Gasteiger partial charge in [0.25, 0.3) is 0 Å². The number of ether oxygens (including phenoxy) is 1. The van der Waals surface area contributed by atoms with Gasteiger partial charge in [-0.3, -0.25) is 9.79 Å². The maximum atomic E-state index is 13.6. The number of methoxy groups -OCH3 is 1. The van der Waals surface area contributed by atoms with Gasteiger partial charge in [0, 0.05) is 38.3 Å². The normalized spacial score (nSPS) is 16.2. The van der Waals surface area contributed by atoms with Crippen molar-refractivity contribution in [1.29, 1.82) is 0 Å². The van der Waals surface area contributed by atoms with Gasteiger partial charge in [-0.25, -0.2) is 0 Å². The van der Waals surface area contributed by atoms with E-state index >= 15 is 0 Å². The van der Waals surface area contributed by atoms with Crippen molar-refractivity contribution in [1.82, 2.24) is 0 Å². The van der Waals surface area contributed by atoms with Crippen LogP contribution < -0.4 is 10.2 Å². The highest BCUT2D eigenvalue weighted by molar-refractivity contribution is 6.13. The number of aryl methyl sites for hydroxylation is 1. The third-order valence-corrected chi connectivity index (χ3v) is 4.88. The van der Waals surface area contributed by atoms with Crippen LogP contribution in [0.15, 0.2) is 41.4 Å². The molecule has 1 N–H and O–H groups in total. The lowest BCUT2D eigenvalue weighted by molar-refractivity contribution is -0.137. The van der Waals surface area contributed by atoms with Crippen molar-refractivity contribution in [2.75, 3.05) is 37.5 Å². The molecule has 154 valence electrons. The first-order valence-electron chi connectivity index (χ1n) is 9.08. The number of hydrogen-bond acceptors (Lipinski definition) is 4. The molecule has 0 radical (unpaired) electrons. The highest BCUT2D eigenvalue weighted by Gasteiger charge is 2.35. The van der Waals surface area contributed by atoms with Crippen LogP contribution in [0.1, 0.15) is 22.6 Å². The van der Waals surface area contributed by atoms with Crippen LogP contribution in [-0.2, 0) is 15.7 Å². The minimum Gasteiger partial charge on any atom is -0.383 e. The maximum Gasteiger partial charge on any atom is 0.418 e. The van der Waals surface area contributed by atoms with E-state index in [-0.39, 0.29) is 17.3 Å². The lowest BCUT2D eigenvalue weighted by Crippen LogP contribution is -2.25. The summed E-state index contributed by atoms with van der Waals surface area (Å²) in [5.41, 5.74) is 1.83. The van der Waals surface area contributed by atoms with Crippen LogP contribution in [0.25, 0.3) is 0 Å². The summed E-state index contributed by atoms with van der Waals surface area (Å²) in [6.07, 6.45) is -3.13. The average Bonchev–Trinajstić information content (AvgIpc) is 3.00.